The molecule has 5 rings (SSSR count). The first-order chi connectivity index (χ1) is 28.5. The number of oxime groups is 1. The third kappa shape index (κ3) is 9.58. The molecular weight excluding hydrogens is 818 g/mol. The second-order valence-corrected chi connectivity index (χ2v) is 18.3. The SMILES string of the molecule is CC[C@@H]1OC(=O)[C@@](C)(F)C(=O)[C@H](C)[C@@H](OC2O[C@H](C)C[C@H](N(C)C)[C@H]2O)[C@](C)(OC)C[C@@H](C)C(=O)[C@H](C)[C@H]2[C@H](/C(N)=N/OCc3nnc(-c4cccc(N)n4)s3)C(=O)O[C@@]21C. The zero-order chi connectivity index (χ0) is 45.4. The fourth-order valence-corrected chi connectivity index (χ4v) is 9.87. The van der Waals surface area contributed by atoms with Gasteiger partial charge in [-0.15, -0.1) is 10.2 Å². The number of ether oxygens (including phenoxy) is 5. The number of hydrogen-bond donors (Lipinski definition) is 3. The summed E-state index contributed by atoms with van der Waals surface area (Å²) in [7, 11) is 4.97. The summed E-state index contributed by atoms with van der Waals surface area (Å²) in [5.74, 6) is -9.81. The number of carbonyl (C=O) groups is 4. The van der Waals surface area contributed by atoms with E-state index in [1.165, 1.54) is 32.3 Å². The number of hydrogen-bond acceptors (Lipinski definition) is 18. The standard InChI is InChI=1S/C41H60FN7O11S/c1-12-25-41(8)29(28(36(53)60-41)34(44)48-56-18-27-46-47-35(61-27)23-14-13-15-26(43)45-23)21(4)30(50)19(2)17-39(6,55-11)33(22(5)32(52)40(7,42)38(54)58-25)59-37-31(51)24(49(9)10)16-20(3)57-37/h13-15,19-22,24-25,28-29,31,33,37,51H,12,16-18H2,1-11H3,(H2,43,45)(H2,44,48)/t19-,20-,21-,22+,24+,25+,28-,29+,31-,33-,37?,39-,40+,41-/m1/s1. The highest BCUT2D eigenvalue weighted by Crippen LogP contribution is 2.48. The van der Waals surface area contributed by atoms with E-state index >= 15 is 4.39 Å². The zero-order valence-corrected chi connectivity index (χ0v) is 37.4. The molecule has 0 aliphatic carbocycles. The van der Waals surface area contributed by atoms with Gasteiger partial charge in [0.05, 0.1) is 17.8 Å². The van der Waals surface area contributed by atoms with Crippen molar-refractivity contribution in [3.8, 4) is 10.7 Å². The van der Waals surface area contributed by atoms with Crippen molar-refractivity contribution in [1.82, 2.24) is 20.1 Å². The predicted octanol–water partition coefficient (Wildman–Crippen LogP) is 3.24. The second kappa shape index (κ2) is 18.6. The summed E-state index contributed by atoms with van der Waals surface area (Å²) in [6.07, 6.45) is -5.20. The number of anilines is 1. The van der Waals surface area contributed by atoms with E-state index in [1.54, 1.807) is 60.0 Å². The number of nitrogens with zero attached hydrogens (tertiary/aromatic N) is 5. The quantitative estimate of drug-likeness (QED) is 0.102. The Labute approximate surface area is 359 Å². The number of likely N-dealkylation sites (N-methyl/N-ethyl adjacent to an activating group) is 1. The highest BCUT2D eigenvalue weighted by Gasteiger charge is 2.63. The number of esters is 2. The van der Waals surface area contributed by atoms with Crippen molar-refractivity contribution < 1.29 is 57.2 Å². The molecule has 0 bridgehead atoms. The number of rotatable bonds is 10. The van der Waals surface area contributed by atoms with Crippen LogP contribution in [0, 0.1) is 29.6 Å². The van der Waals surface area contributed by atoms with Gasteiger partial charge in [-0.05, 0) is 73.2 Å². The van der Waals surface area contributed by atoms with E-state index in [4.69, 9.17) is 40.0 Å². The number of aliphatic hydroxyl groups excluding tert-OH is 1. The van der Waals surface area contributed by atoms with E-state index < -0.39 is 94.8 Å². The van der Waals surface area contributed by atoms with E-state index in [0.29, 0.717) is 27.9 Å². The molecule has 3 aliphatic rings. The monoisotopic (exact) mass is 877 g/mol. The van der Waals surface area contributed by atoms with Gasteiger partial charge < -0.3 is 50.0 Å². The Morgan fingerprint density at radius 2 is 1.79 bits per heavy atom. The van der Waals surface area contributed by atoms with Crippen molar-refractivity contribution in [1.29, 1.82) is 0 Å². The number of Topliss-reactive ketones (excluding diaryl/α,β-unsaturated/α-hetero) is 2. The average molecular weight is 878 g/mol. The van der Waals surface area contributed by atoms with E-state index in [0.717, 1.165) is 6.92 Å². The summed E-state index contributed by atoms with van der Waals surface area (Å²) >= 11 is 1.17. The number of methoxy groups -OCH3 is 1. The lowest BCUT2D eigenvalue weighted by atomic mass is 9.67. The number of carbonyl (C=O) groups excluding carboxylic acids is 4. The van der Waals surface area contributed by atoms with Crippen LogP contribution in [0.2, 0.25) is 0 Å². The van der Waals surface area contributed by atoms with Crippen molar-refractivity contribution >= 4 is 46.5 Å². The number of nitrogen functional groups attached to an aromatic ring is 1. The van der Waals surface area contributed by atoms with Crippen LogP contribution in [-0.2, 0) is 54.3 Å². The summed E-state index contributed by atoms with van der Waals surface area (Å²) in [6, 6.07) is 4.70. The van der Waals surface area contributed by atoms with Gasteiger partial charge in [-0.25, -0.2) is 14.2 Å². The van der Waals surface area contributed by atoms with Gasteiger partial charge in [0.2, 0.25) is 0 Å². The van der Waals surface area contributed by atoms with E-state index in [9.17, 15) is 24.3 Å². The van der Waals surface area contributed by atoms with Crippen LogP contribution >= 0.6 is 11.3 Å². The van der Waals surface area contributed by atoms with Crippen LogP contribution in [0.3, 0.4) is 0 Å². The predicted molar refractivity (Wildman–Crippen MR) is 220 cm³/mol. The smallest absolute Gasteiger partial charge is 0.351 e. The summed E-state index contributed by atoms with van der Waals surface area (Å²) in [5, 5.41) is 24.6. The topological polar surface area (TPSA) is 250 Å². The van der Waals surface area contributed by atoms with Crippen molar-refractivity contribution in [3.05, 3.63) is 23.2 Å². The lowest BCUT2D eigenvalue weighted by molar-refractivity contribution is -0.295. The van der Waals surface area contributed by atoms with Crippen molar-refractivity contribution in [2.75, 3.05) is 26.9 Å². The molecule has 0 amide bonds. The Morgan fingerprint density at radius 1 is 1.10 bits per heavy atom. The molecule has 1 unspecified atom stereocenters. The van der Waals surface area contributed by atoms with Gasteiger partial charge in [0.25, 0.3) is 5.67 Å². The van der Waals surface area contributed by atoms with Gasteiger partial charge in [0.15, 0.2) is 40.1 Å². The number of nitrogens with two attached hydrogens (primary N) is 2. The molecule has 3 saturated heterocycles. The number of fused-ring (bicyclic) bond motifs is 1. The third-order valence-corrected chi connectivity index (χ3v) is 13.4. The van der Waals surface area contributed by atoms with Crippen LogP contribution in [0.25, 0.3) is 10.7 Å². The molecule has 0 saturated carbocycles. The van der Waals surface area contributed by atoms with Gasteiger partial charge in [-0.2, -0.15) is 0 Å². The molecule has 0 radical (unpaired) electrons. The van der Waals surface area contributed by atoms with Gasteiger partial charge in [-0.3, -0.25) is 14.4 Å². The first-order valence-corrected chi connectivity index (χ1v) is 21.2. The van der Waals surface area contributed by atoms with Crippen LogP contribution in [-0.4, -0.2) is 129 Å². The molecule has 2 aromatic rings. The highest BCUT2D eigenvalue weighted by atomic mass is 32.1. The molecular formula is C41H60FN7O11S. The lowest BCUT2D eigenvalue weighted by Gasteiger charge is -2.47. The number of alkyl halides is 1. The van der Waals surface area contributed by atoms with Gasteiger partial charge in [0, 0.05) is 36.8 Å². The minimum Gasteiger partial charge on any atom is -0.455 e. The minimum absolute atomic E-state index is 0.0144. The van der Waals surface area contributed by atoms with Crippen LogP contribution in [0.5, 0.6) is 0 Å². The van der Waals surface area contributed by atoms with Crippen molar-refractivity contribution in [2.24, 2.45) is 40.5 Å². The maximum absolute atomic E-state index is 16.9. The summed E-state index contributed by atoms with van der Waals surface area (Å²) < 4.78 is 47.3. The largest absolute Gasteiger partial charge is 0.455 e. The first kappa shape index (κ1) is 47.8. The molecule has 20 heteroatoms. The third-order valence-electron chi connectivity index (χ3n) is 12.5. The van der Waals surface area contributed by atoms with Crippen molar-refractivity contribution in [2.45, 2.75) is 135 Å². The van der Waals surface area contributed by atoms with Gasteiger partial charge >= 0.3 is 11.9 Å². The number of pyridine rings is 1. The number of halogens is 1. The fourth-order valence-electron chi connectivity index (χ4n) is 9.15. The van der Waals surface area contributed by atoms with E-state index in [1.807, 2.05) is 11.8 Å². The molecule has 61 heavy (non-hydrogen) atoms. The number of amidine groups is 1. The van der Waals surface area contributed by atoms with E-state index in [-0.39, 0.29) is 37.2 Å². The van der Waals surface area contributed by atoms with Crippen molar-refractivity contribution in [3.63, 3.8) is 0 Å². The number of aromatic nitrogens is 3. The highest BCUT2D eigenvalue weighted by molar-refractivity contribution is 7.14. The molecule has 3 fully saturated rings. The van der Waals surface area contributed by atoms with Crippen LogP contribution in [0.1, 0.15) is 79.7 Å². The van der Waals surface area contributed by atoms with Crippen LogP contribution in [0.15, 0.2) is 23.4 Å². The molecule has 5 N–H and O–H groups in total. The molecule has 0 aromatic carbocycles. The number of aliphatic hydroxyl groups is 1. The lowest BCUT2D eigenvalue weighted by Crippen LogP contribution is -2.61. The Balaban J connectivity index is 1.51. The molecule has 18 nitrogen and oxygen atoms in total. The summed E-state index contributed by atoms with van der Waals surface area (Å²) in [6.45, 7) is 11.8. The summed E-state index contributed by atoms with van der Waals surface area (Å²) in [4.78, 5) is 68.5. The fraction of sp³-hybridized carbons (Fsp3) is 0.707. The van der Waals surface area contributed by atoms with Gasteiger partial charge in [-0.1, -0.05) is 50.3 Å². The molecule has 14 atom stereocenters. The Kier molecular flexibility index (Phi) is 14.6. The average Bonchev–Trinajstić information content (AvgIpc) is 3.79. The number of ketones is 2. The molecule has 3 aliphatic heterocycles. The maximum atomic E-state index is 16.9. The van der Waals surface area contributed by atoms with Crippen LogP contribution < -0.4 is 11.5 Å². The normalized spacial score (nSPS) is 38.1. The van der Waals surface area contributed by atoms with E-state index in [2.05, 4.69) is 20.3 Å². The molecule has 2 aromatic heterocycles. The van der Waals surface area contributed by atoms with Crippen LogP contribution in [0.4, 0.5) is 10.2 Å². The number of cyclic esters (lactones) is 1. The zero-order valence-electron chi connectivity index (χ0n) is 36.6. The second-order valence-electron chi connectivity index (χ2n) is 17.2. The minimum atomic E-state index is -3.25. The summed E-state index contributed by atoms with van der Waals surface area (Å²) in [5.41, 5.74) is 6.28. The first-order valence-electron chi connectivity index (χ1n) is 20.4. The molecule has 0 spiro atoms. The van der Waals surface area contributed by atoms with Gasteiger partial charge in [0.1, 0.15) is 35.4 Å². The molecule has 338 valence electrons. The Hall–Kier alpha value is -4.21. The Bertz CT molecular complexity index is 1970. The maximum Gasteiger partial charge on any atom is 0.351 e. The Morgan fingerprint density at radius 3 is 2.41 bits per heavy atom. The molecule has 5 heterocycles.